The van der Waals surface area contributed by atoms with Crippen molar-refractivity contribution < 1.29 is 66.7 Å². The molecule has 2 fully saturated rings. The number of fused-ring (bicyclic) bond motifs is 1. The van der Waals surface area contributed by atoms with Crippen LogP contribution in [-0.2, 0) is 44.8 Å². The first kappa shape index (κ1) is 58.0. The molecule has 0 radical (unpaired) electrons. The maximum atomic E-state index is 13.7. The van der Waals surface area contributed by atoms with Crippen LogP contribution in [0.4, 0.5) is 5.13 Å². The number of azo groups is 1. The molecule has 4 aromatic carbocycles. The van der Waals surface area contributed by atoms with E-state index in [4.69, 9.17) is 37.9 Å². The normalized spacial score (nSPS) is 17.1. The number of nitrogens with zero attached hydrogens (tertiary/aromatic N) is 3. The minimum absolute atomic E-state index is 0.00419. The average molecular weight is 1090 g/mol. The molecule has 17 nitrogen and oxygen atoms in total. The van der Waals surface area contributed by atoms with E-state index in [0.29, 0.717) is 111 Å². The predicted octanol–water partition coefficient (Wildman–Crippen LogP) is 12.6. The molecule has 0 aliphatic heterocycles. The van der Waals surface area contributed by atoms with Crippen molar-refractivity contribution in [2.45, 2.75) is 109 Å². The summed E-state index contributed by atoms with van der Waals surface area (Å²) in [7, 11) is 0. The highest BCUT2D eigenvalue weighted by Gasteiger charge is 2.34. The zero-order chi connectivity index (χ0) is 54.9. The molecule has 0 bridgehead atoms. The summed E-state index contributed by atoms with van der Waals surface area (Å²) >= 11 is 1.39. The standard InChI is InChI=1S/C60H67N3O14S/c1-3-54(64)72-37-13-7-5-11-35-70-46-25-29-48(30-26-46)74-56(66)41-17-19-43(20-18-41)58(68)76-50-33-34-52(45(39-50)40-61-63-60-62-51-15-9-10-16-53(51)78-60)77-59(69)44-23-21-42(22-24-44)57(67)75-49-31-27-47(28-32-49)71-36-12-6-8-14-38-73-55(65)4-2/h3-4,9-10,15-16,25-34,39,41-44H,1-2,5-8,11-14,17-24,35-38,40H2. The van der Waals surface area contributed by atoms with Crippen LogP contribution in [-0.4, -0.2) is 67.2 Å². The lowest BCUT2D eigenvalue weighted by Crippen LogP contribution is -2.30. The third-order valence-corrected chi connectivity index (χ3v) is 14.4. The summed E-state index contributed by atoms with van der Waals surface area (Å²) in [5, 5.41) is 9.21. The van der Waals surface area contributed by atoms with Gasteiger partial charge in [-0.2, -0.15) is 5.11 Å². The van der Waals surface area contributed by atoms with Crippen LogP contribution in [0.2, 0.25) is 0 Å². The average Bonchev–Trinajstić information content (AvgIpc) is 3.90. The minimum Gasteiger partial charge on any atom is -0.494 e. The Hall–Kier alpha value is -7.73. The van der Waals surface area contributed by atoms with Crippen LogP contribution < -0.4 is 28.4 Å². The molecule has 412 valence electrons. The van der Waals surface area contributed by atoms with Gasteiger partial charge in [0, 0.05) is 17.7 Å². The predicted molar refractivity (Wildman–Crippen MR) is 291 cm³/mol. The molecule has 1 aromatic heterocycles. The van der Waals surface area contributed by atoms with Crippen molar-refractivity contribution in [2.24, 2.45) is 33.9 Å². The first-order valence-corrected chi connectivity index (χ1v) is 27.6. The van der Waals surface area contributed by atoms with Crippen LogP contribution in [0.3, 0.4) is 0 Å². The Kier molecular flexibility index (Phi) is 22.9. The summed E-state index contributed by atoms with van der Waals surface area (Å²) in [6.45, 7) is 8.57. The SMILES string of the molecule is C=CC(=O)OCCCCCCOc1ccc(OC(=O)C2CCC(C(=O)Oc3ccc(OC(=O)C4CCC(C(=O)Oc5ccc(OCCCCCCOC(=O)C=C)cc5)CC4)c(CN=Nc4nc5ccccc5s4)c3)CC2)cc1. The van der Waals surface area contributed by atoms with E-state index in [0.717, 1.165) is 73.7 Å². The van der Waals surface area contributed by atoms with Gasteiger partial charge in [0.25, 0.3) is 0 Å². The van der Waals surface area contributed by atoms with Crippen molar-refractivity contribution >= 4 is 62.5 Å². The van der Waals surface area contributed by atoms with Crippen LogP contribution in [0.25, 0.3) is 10.2 Å². The molecular weight excluding hydrogens is 1020 g/mol. The van der Waals surface area contributed by atoms with Crippen molar-refractivity contribution in [1.29, 1.82) is 0 Å². The number of hydrogen-bond donors (Lipinski definition) is 0. The Morgan fingerprint density at radius 2 is 0.910 bits per heavy atom. The number of esters is 6. The third kappa shape index (κ3) is 18.8. The van der Waals surface area contributed by atoms with E-state index in [-0.39, 0.29) is 41.8 Å². The van der Waals surface area contributed by atoms with E-state index in [1.807, 2.05) is 24.3 Å². The summed E-state index contributed by atoms with van der Waals surface area (Å²) in [4.78, 5) is 80.4. The van der Waals surface area contributed by atoms with E-state index in [1.54, 1.807) is 66.7 Å². The fourth-order valence-electron chi connectivity index (χ4n) is 9.00. The largest absolute Gasteiger partial charge is 0.494 e. The molecule has 0 N–H and O–H groups in total. The van der Waals surface area contributed by atoms with E-state index in [1.165, 1.54) is 11.3 Å². The molecule has 0 spiro atoms. The van der Waals surface area contributed by atoms with Gasteiger partial charge >= 0.3 is 35.8 Å². The van der Waals surface area contributed by atoms with Gasteiger partial charge in [0.1, 0.15) is 34.5 Å². The number of carbonyl (C=O) groups is 6. The molecule has 2 saturated carbocycles. The fourth-order valence-corrected chi connectivity index (χ4v) is 9.81. The smallest absolute Gasteiger partial charge is 0.330 e. The Bertz CT molecular complexity index is 2800. The van der Waals surface area contributed by atoms with Crippen LogP contribution in [0.15, 0.2) is 127 Å². The van der Waals surface area contributed by atoms with E-state index < -0.39 is 35.7 Å². The molecule has 78 heavy (non-hydrogen) atoms. The van der Waals surface area contributed by atoms with Crippen molar-refractivity contribution in [3.63, 3.8) is 0 Å². The molecule has 5 aromatic rings. The fraction of sp³-hybridized carbons (Fsp3) is 0.417. The molecule has 0 amide bonds. The molecule has 2 aliphatic rings. The number of benzene rings is 4. The summed E-state index contributed by atoms with van der Waals surface area (Å²) in [5.74, 6) is -1.42. The van der Waals surface area contributed by atoms with Gasteiger partial charge in [0.15, 0.2) is 0 Å². The van der Waals surface area contributed by atoms with Crippen molar-refractivity contribution in [3.05, 3.63) is 122 Å². The Labute approximate surface area is 458 Å². The summed E-state index contributed by atoms with van der Waals surface area (Å²) in [5.41, 5.74) is 1.27. The molecule has 0 saturated heterocycles. The third-order valence-electron chi connectivity index (χ3n) is 13.4. The second-order valence-electron chi connectivity index (χ2n) is 19.1. The maximum Gasteiger partial charge on any atom is 0.330 e. The molecular formula is C60H67N3O14S. The maximum absolute atomic E-state index is 13.7. The number of ether oxygens (including phenoxy) is 8. The molecule has 0 unspecified atom stereocenters. The number of rotatable bonds is 29. The van der Waals surface area contributed by atoms with Gasteiger partial charge in [-0.1, -0.05) is 36.6 Å². The highest BCUT2D eigenvalue weighted by atomic mass is 32.1. The summed E-state index contributed by atoms with van der Waals surface area (Å²) < 4.78 is 45.9. The number of unbranched alkanes of at least 4 members (excludes halogenated alkanes) is 6. The summed E-state index contributed by atoms with van der Waals surface area (Å²) in [6, 6.07) is 26.3. The first-order valence-electron chi connectivity index (χ1n) is 26.8. The van der Waals surface area contributed by atoms with Crippen LogP contribution in [0, 0.1) is 23.7 Å². The van der Waals surface area contributed by atoms with Gasteiger partial charge in [0.05, 0.1) is 66.9 Å². The number of aromatic nitrogens is 1. The van der Waals surface area contributed by atoms with Crippen molar-refractivity contribution in [1.82, 2.24) is 4.98 Å². The minimum atomic E-state index is -0.454. The van der Waals surface area contributed by atoms with Gasteiger partial charge in [-0.05, 0) is 182 Å². The monoisotopic (exact) mass is 1090 g/mol. The zero-order valence-electron chi connectivity index (χ0n) is 43.9. The molecule has 1 heterocycles. The number of hydrogen-bond acceptors (Lipinski definition) is 18. The number of thiazole rings is 1. The van der Waals surface area contributed by atoms with Crippen LogP contribution >= 0.6 is 11.3 Å². The number of para-hydroxylation sites is 1. The molecule has 7 rings (SSSR count). The van der Waals surface area contributed by atoms with Crippen LogP contribution in [0.5, 0.6) is 34.5 Å². The lowest BCUT2D eigenvalue weighted by atomic mass is 9.82. The molecule has 18 heteroatoms. The lowest BCUT2D eigenvalue weighted by molar-refractivity contribution is -0.145. The highest BCUT2D eigenvalue weighted by Crippen LogP contribution is 2.36. The Balaban J connectivity index is 0.851. The van der Waals surface area contributed by atoms with E-state index >= 15 is 0 Å². The second-order valence-corrected chi connectivity index (χ2v) is 20.1. The topological polar surface area (TPSA) is 214 Å². The van der Waals surface area contributed by atoms with Gasteiger partial charge in [0.2, 0.25) is 5.13 Å². The quantitative estimate of drug-likeness (QED) is 0.0143. The van der Waals surface area contributed by atoms with Gasteiger partial charge < -0.3 is 37.9 Å². The van der Waals surface area contributed by atoms with Crippen molar-refractivity contribution in [2.75, 3.05) is 26.4 Å². The number of carbonyl (C=O) groups excluding carboxylic acids is 6. The summed E-state index contributed by atoms with van der Waals surface area (Å²) in [6.07, 6.45) is 12.8. The van der Waals surface area contributed by atoms with Crippen molar-refractivity contribution in [3.8, 4) is 34.5 Å². The van der Waals surface area contributed by atoms with E-state index in [2.05, 4.69) is 28.4 Å². The Morgan fingerprint density at radius 1 is 0.500 bits per heavy atom. The molecule has 0 atom stereocenters. The van der Waals surface area contributed by atoms with Crippen LogP contribution in [0.1, 0.15) is 108 Å². The first-order chi connectivity index (χ1) is 38.0. The zero-order valence-corrected chi connectivity index (χ0v) is 44.7. The Morgan fingerprint density at radius 3 is 1.37 bits per heavy atom. The highest BCUT2D eigenvalue weighted by molar-refractivity contribution is 7.21. The van der Waals surface area contributed by atoms with Gasteiger partial charge in [-0.15, -0.1) is 5.11 Å². The van der Waals surface area contributed by atoms with E-state index in [9.17, 15) is 28.8 Å². The lowest BCUT2D eigenvalue weighted by Gasteiger charge is -2.26. The second kappa shape index (κ2) is 30.9. The molecule has 2 aliphatic carbocycles. The van der Waals surface area contributed by atoms with Gasteiger partial charge in [-0.3, -0.25) is 19.2 Å². The van der Waals surface area contributed by atoms with Gasteiger partial charge in [-0.25, -0.2) is 14.6 Å².